The second kappa shape index (κ2) is 7.96. The van der Waals surface area contributed by atoms with Crippen molar-refractivity contribution >= 4 is 16.9 Å². The quantitative estimate of drug-likeness (QED) is 0.495. The number of aromatic nitrogens is 4. The summed E-state index contributed by atoms with van der Waals surface area (Å²) in [4.78, 5) is 24.3. The van der Waals surface area contributed by atoms with Crippen molar-refractivity contribution in [2.24, 2.45) is 7.05 Å². The van der Waals surface area contributed by atoms with Crippen LogP contribution in [0.2, 0.25) is 0 Å². The molecule has 8 heteroatoms. The molecule has 8 nitrogen and oxygen atoms in total. The number of rotatable bonds is 4. The minimum atomic E-state index is -0.0427. The molecule has 0 aliphatic carbocycles. The predicted octanol–water partition coefficient (Wildman–Crippen LogP) is 3.25. The Kier molecular flexibility index (Phi) is 4.97. The van der Waals surface area contributed by atoms with Gasteiger partial charge in [0.15, 0.2) is 17.1 Å². The van der Waals surface area contributed by atoms with Crippen LogP contribution in [0.3, 0.4) is 0 Å². The van der Waals surface area contributed by atoms with Crippen molar-refractivity contribution in [3.63, 3.8) is 0 Å². The van der Waals surface area contributed by atoms with E-state index in [0.717, 1.165) is 33.4 Å². The Morgan fingerprint density at radius 1 is 1.03 bits per heavy atom. The molecule has 3 aromatic heterocycles. The summed E-state index contributed by atoms with van der Waals surface area (Å²) in [6.07, 6.45) is 6.29. The van der Waals surface area contributed by atoms with Crippen LogP contribution in [0, 0.1) is 0 Å². The van der Waals surface area contributed by atoms with Gasteiger partial charge >= 0.3 is 0 Å². The SMILES string of the molecule is COc1ccc(C(=O)N2CCc3nc4ncc(-c5cnn(C)c5)cc4cc3C2)cc1OC. The molecule has 5 rings (SSSR count). The molecule has 0 unspecified atom stereocenters. The smallest absolute Gasteiger partial charge is 0.254 e. The Morgan fingerprint density at radius 2 is 1.88 bits per heavy atom. The average molecular weight is 429 g/mol. The van der Waals surface area contributed by atoms with Crippen molar-refractivity contribution in [3.05, 3.63) is 65.7 Å². The highest BCUT2D eigenvalue weighted by Gasteiger charge is 2.24. The zero-order valence-corrected chi connectivity index (χ0v) is 18.2. The molecule has 0 spiro atoms. The number of ether oxygens (including phenoxy) is 2. The van der Waals surface area contributed by atoms with Gasteiger partial charge in [-0.1, -0.05) is 0 Å². The second-order valence-corrected chi connectivity index (χ2v) is 7.81. The van der Waals surface area contributed by atoms with E-state index in [9.17, 15) is 4.79 Å². The lowest BCUT2D eigenvalue weighted by Crippen LogP contribution is -2.36. The molecule has 1 aromatic carbocycles. The zero-order chi connectivity index (χ0) is 22.2. The molecule has 0 N–H and O–H groups in total. The summed E-state index contributed by atoms with van der Waals surface area (Å²) >= 11 is 0. The van der Waals surface area contributed by atoms with E-state index >= 15 is 0 Å². The lowest BCUT2D eigenvalue weighted by atomic mass is 10.0. The third-order valence-electron chi connectivity index (χ3n) is 5.77. The summed E-state index contributed by atoms with van der Waals surface area (Å²) in [5.41, 5.74) is 5.32. The number of pyridine rings is 2. The Labute approximate surface area is 185 Å². The van der Waals surface area contributed by atoms with E-state index in [0.29, 0.717) is 36.6 Å². The molecule has 4 heterocycles. The van der Waals surface area contributed by atoms with E-state index in [2.05, 4.69) is 22.2 Å². The summed E-state index contributed by atoms with van der Waals surface area (Å²) in [7, 11) is 5.03. The van der Waals surface area contributed by atoms with E-state index in [1.807, 2.05) is 30.5 Å². The monoisotopic (exact) mass is 429 g/mol. The number of hydrogen-bond donors (Lipinski definition) is 0. The van der Waals surface area contributed by atoms with Crippen molar-refractivity contribution < 1.29 is 14.3 Å². The van der Waals surface area contributed by atoms with Gasteiger partial charge < -0.3 is 14.4 Å². The van der Waals surface area contributed by atoms with Gasteiger partial charge in [-0.3, -0.25) is 9.48 Å². The highest BCUT2D eigenvalue weighted by atomic mass is 16.5. The van der Waals surface area contributed by atoms with Crippen LogP contribution in [-0.2, 0) is 20.0 Å². The van der Waals surface area contributed by atoms with Crippen molar-refractivity contribution in [2.75, 3.05) is 20.8 Å². The fourth-order valence-electron chi connectivity index (χ4n) is 4.08. The van der Waals surface area contributed by atoms with Crippen molar-refractivity contribution in [3.8, 4) is 22.6 Å². The van der Waals surface area contributed by atoms with Gasteiger partial charge in [-0.2, -0.15) is 5.10 Å². The van der Waals surface area contributed by atoms with Crippen LogP contribution in [0.15, 0.2) is 48.9 Å². The van der Waals surface area contributed by atoms with Gasteiger partial charge in [0.1, 0.15) is 0 Å². The Morgan fingerprint density at radius 3 is 2.62 bits per heavy atom. The largest absolute Gasteiger partial charge is 0.493 e. The standard InChI is InChI=1S/C24H23N5O3/c1-28-13-19(12-26-28)17-8-16-9-18-14-29(7-6-20(18)27-23(16)25-11-17)24(30)15-4-5-21(31-2)22(10-15)32-3/h4-5,8-13H,6-7,14H2,1-3H3. The first kappa shape index (κ1) is 20.0. The third kappa shape index (κ3) is 3.53. The van der Waals surface area contributed by atoms with Crippen LogP contribution in [0.4, 0.5) is 0 Å². The number of fused-ring (bicyclic) bond motifs is 2. The molecule has 0 atom stereocenters. The molecule has 162 valence electrons. The lowest BCUT2D eigenvalue weighted by molar-refractivity contribution is 0.0733. The van der Waals surface area contributed by atoms with E-state index in [1.54, 1.807) is 37.1 Å². The maximum Gasteiger partial charge on any atom is 0.254 e. The van der Waals surface area contributed by atoms with E-state index < -0.39 is 0 Å². The first-order valence-corrected chi connectivity index (χ1v) is 10.3. The number of hydrogen-bond acceptors (Lipinski definition) is 6. The molecular weight excluding hydrogens is 406 g/mol. The Hall–Kier alpha value is -3.94. The van der Waals surface area contributed by atoms with Gasteiger partial charge in [0.25, 0.3) is 5.91 Å². The molecule has 1 aliphatic rings. The number of carbonyl (C=O) groups excluding carboxylic acids is 1. The number of nitrogens with zero attached hydrogens (tertiary/aromatic N) is 5. The second-order valence-electron chi connectivity index (χ2n) is 7.81. The van der Waals surface area contributed by atoms with Gasteiger partial charge in [-0.25, -0.2) is 9.97 Å². The fraction of sp³-hybridized carbons (Fsp3) is 0.250. The molecule has 4 aromatic rings. The Bertz CT molecular complexity index is 1330. The zero-order valence-electron chi connectivity index (χ0n) is 18.2. The van der Waals surface area contributed by atoms with E-state index in [1.165, 1.54) is 0 Å². The number of aryl methyl sites for hydroxylation is 1. The molecule has 1 aliphatic heterocycles. The summed E-state index contributed by atoms with van der Waals surface area (Å²) in [5, 5.41) is 5.19. The van der Waals surface area contributed by atoms with Gasteiger partial charge in [-0.15, -0.1) is 0 Å². The van der Waals surface area contributed by atoms with Crippen molar-refractivity contribution in [1.82, 2.24) is 24.6 Å². The van der Waals surface area contributed by atoms with Crippen LogP contribution in [-0.4, -0.2) is 51.3 Å². The number of methoxy groups -OCH3 is 2. The predicted molar refractivity (Wildman–Crippen MR) is 120 cm³/mol. The average Bonchev–Trinajstić information content (AvgIpc) is 3.27. The topological polar surface area (TPSA) is 82.4 Å². The molecular formula is C24H23N5O3. The normalized spacial score (nSPS) is 13.2. The number of carbonyl (C=O) groups is 1. The highest BCUT2D eigenvalue weighted by molar-refractivity contribution is 5.95. The van der Waals surface area contributed by atoms with Gasteiger partial charge in [-0.05, 0) is 35.9 Å². The van der Waals surface area contributed by atoms with Crippen molar-refractivity contribution in [1.29, 1.82) is 0 Å². The molecule has 0 radical (unpaired) electrons. The van der Waals surface area contributed by atoms with Crippen LogP contribution in [0.1, 0.15) is 21.6 Å². The summed E-state index contributed by atoms with van der Waals surface area (Å²) in [6.45, 7) is 1.11. The van der Waals surface area contributed by atoms with Gasteiger partial charge in [0, 0.05) is 66.7 Å². The summed E-state index contributed by atoms with van der Waals surface area (Å²) in [6, 6.07) is 9.41. The minimum Gasteiger partial charge on any atom is -0.493 e. The van der Waals surface area contributed by atoms with Gasteiger partial charge in [0.05, 0.1) is 20.4 Å². The molecule has 0 saturated heterocycles. The van der Waals surface area contributed by atoms with Gasteiger partial charge in [0.2, 0.25) is 0 Å². The first-order chi connectivity index (χ1) is 15.6. The maximum atomic E-state index is 13.2. The third-order valence-corrected chi connectivity index (χ3v) is 5.77. The molecule has 32 heavy (non-hydrogen) atoms. The fourth-order valence-corrected chi connectivity index (χ4v) is 4.08. The highest BCUT2D eigenvalue weighted by Crippen LogP contribution is 2.30. The number of amides is 1. The molecule has 0 saturated carbocycles. The summed E-state index contributed by atoms with van der Waals surface area (Å²) in [5.74, 6) is 1.09. The molecule has 0 bridgehead atoms. The lowest BCUT2D eigenvalue weighted by Gasteiger charge is -2.28. The van der Waals surface area contributed by atoms with Crippen molar-refractivity contribution in [2.45, 2.75) is 13.0 Å². The van der Waals surface area contributed by atoms with Crippen LogP contribution < -0.4 is 9.47 Å². The van der Waals surface area contributed by atoms with Crippen LogP contribution in [0.5, 0.6) is 11.5 Å². The van der Waals surface area contributed by atoms with E-state index in [-0.39, 0.29) is 5.91 Å². The minimum absolute atomic E-state index is 0.0427. The number of benzene rings is 1. The van der Waals surface area contributed by atoms with E-state index in [4.69, 9.17) is 14.5 Å². The van der Waals surface area contributed by atoms with Crippen LogP contribution >= 0.6 is 0 Å². The summed E-state index contributed by atoms with van der Waals surface area (Å²) < 4.78 is 12.4. The molecule has 1 amide bonds. The van der Waals surface area contributed by atoms with Crippen LogP contribution in [0.25, 0.3) is 22.2 Å². The maximum absolute atomic E-state index is 13.2. The Balaban J connectivity index is 1.44. The molecule has 0 fully saturated rings. The first-order valence-electron chi connectivity index (χ1n) is 10.3.